The van der Waals surface area contributed by atoms with Crippen molar-refractivity contribution in [1.82, 2.24) is 9.88 Å². The van der Waals surface area contributed by atoms with E-state index in [1.807, 2.05) is 37.3 Å². The maximum atomic E-state index is 13.2. The molecule has 0 bridgehead atoms. The molecule has 192 valence electrons. The molecule has 1 fully saturated rings. The summed E-state index contributed by atoms with van der Waals surface area (Å²) in [5.41, 5.74) is 2.07. The molecule has 4 rings (SSSR count). The fourth-order valence-corrected chi connectivity index (χ4v) is 4.32. The van der Waals surface area contributed by atoms with Gasteiger partial charge in [0.1, 0.15) is 12.4 Å². The van der Waals surface area contributed by atoms with Gasteiger partial charge in [-0.1, -0.05) is 36.4 Å². The quantitative estimate of drug-likeness (QED) is 0.178. The Hall–Kier alpha value is -4.17. The summed E-state index contributed by atoms with van der Waals surface area (Å²) in [4.78, 5) is 31.7. The molecule has 1 N–H and O–H groups in total. The standard InChI is InChI=1S/C29H30N2O6/c1-3-36-24-18-22(10-11-23(24)37-19-20-8-5-4-6-9-20)26-25(27(32)21-12-14-30-15-13-21)28(33)29(34)31(26)16-7-17-35-2/h4-6,8-15,18,26,32H,3,7,16-17,19H2,1-2H3/b27-25+. The van der Waals surface area contributed by atoms with Gasteiger partial charge in [-0.25, -0.2) is 0 Å². The number of nitrogens with zero attached hydrogens (tertiary/aromatic N) is 2. The van der Waals surface area contributed by atoms with E-state index >= 15 is 0 Å². The number of pyridine rings is 1. The Labute approximate surface area is 216 Å². The molecule has 1 aliphatic heterocycles. The molecule has 8 heteroatoms. The van der Waals surface area contributed by atoms with Crippen molar-refractivity contribution in [2.45, 2.75) is 26.0 Å². The van der Waals surface area contributed by atoms with Crippen LogP contribution in [-0.4, -0.2) is 53.5 Å². The van der Waals surface area contributed by atoms with Crippen molar-refractivity contribution in [3.8, 4) is 11.5 Å². The SMILES string of the molecule is CCOc1cc(C2/C(=C(\O)c3ccncc3)C(=O)C(=O)N2CCCOC)ccc1OCc1ccccc1. The highest BCUT2D eigenvalue weighted by Gasteiger charge is 2.46. The number of carbonyl (C=O) groups is 2. The highest BCUT2D eigenvalue weighted by atomic mass is 16.5. The van der Waals surface area contributed by atoms with E-state index in [4.69, 9.17) is 14.2 Å². The maximum absolute atomic E-state index is 13.2. The molecule has 8 nitrogen and oxygen atoms in total. The van der Waals surface area contributed by atoms with Crippen LogP contribution in [0, 0.1) is 0 Å². The highest BCUT2D eigenvalue weighted by molar-refractivity contribution is 6.46. The van der Waals surface area contributed by atoms with Gasteiger partial charge >= 0.3 is 0 Å². The van der Waals surface area contributed by atoms with Gasteiger partial charge in [-0.3, -0.25) is 14.6 Å². The van der Waals surface area contributed by atoms with Crippen molar-refractivity contribution >= 4 is 17.4 Å². The Morgan fingerprint density at radius 2 is 1.76 bits per heavy atom. The topological polar surface area (TPSA) is 98.2 Å². The highest BCUT2D eigenvalue weighted by Crippen LogP contribution is 2.42. The third-order valence-corrected chi connectivity index (χ3v) is 6.06. The van der Waals surface area contributed by atoms with Gasteiger partial charge in [0.15, 0.2) is 11.5 Å². The minimum absolute atomic E-state index is 0.0222. The molecule has 37 heavy (non-hydrogen) atoms. The molecule has 1 atom stereocenters. The lowest BCUT2D eigenvalue weighted by Gasteiger charge is -2.26. The smallest absolute Gasteiger partial charge is 0.295 e. The van der Waals surface area contributed by atoms with Gasteiger partial charge < -0.3 is 24.2 Å². The van der Waals surface area contributed by atoms with Crippen LogP contribution in [0.2, 0.25) is 0 Å². The van der Waals surface area contributed by atoms with E-state index in [0.717, 1.165) is 5.56 Å². The van der Waals surface area contributed by atoms with E-state index in [1.54, 1.807) is 37.4 Å². The Balaban J connectivity index is 1.75. The fourth-order valence-electron chi connectivity index (χ4n) is 4.32. The molecule has 1 unspecified atom stereocenters. The summed E-state index contributed by atoms with van der Waals surface area (Å²) in [5.74, 6) is -0.622. The number of Topliss-reactive ketones (excluding diaryl/α,β-unsaturated/α-hetero) is 1. The fraction of sp³-hybridized carbons (Fsp3) is 0.276. The number of hydrogen-bond donors (Lipinski definition) is 1. The molecule has 2 heterocycles. The molecule has 1 saturated heterocycles. The zero-order chi connectivity index (χ0) is 26.2. The third-order valence-electron chi connectivity index (χ3n) is 6.06. The predicted molar refractivity (Wildman–Crippen MR) is 138 cm³/mol. The number of likely N-dealkylation sites (tertiary alicyclic amines) is 1. The Bertz CT molecular complexity index is 1260. The van der Waals surface area contributed by atoms with Crippen LogP contribution >= 0.6 is 0 Å². The van der Waals surface area contributed by atoms with Gasteiger partial charge in [0.05, 0.1) is 18.2 Å². The summed E-state index contributed by atoms with van der Waals surface area (Å²) in [6.45, 7) is 3.34. The molecule has 0 aliphatic carbocycles. The number of benzene rings is 2. The van der Waals surface area contributed by atoms with Crippen LogP contribution < -0.4 is 9.47 Å². The number of ether oxygens (including phenoxy) is 3. The van der Waals surface area contributed by atoms with Gasteiger partial charge in [-0.15, -0.1) is 0 Å². The first kappa shape index (κ1) is 25.9. The van der Waals surface area contributed by atoms with Crippen LogP contribution in [0.5, 0.6) is 11.5 Å². The van der Waals surface area contributed by atoms with E-state index in [0.29, 0.717) is 48.9 Å². The second-order valence-electron chi connectivity index (χ2n) is 8.49. The summed E-state index contributed by atoms with van der Waals surface area (Å²) in [6.07, 6.45) is 3.57. The van der Waals surface area contributed by atoms with Gasteiger partial charge in [0.25, 0.3) is 11.7 Å². The van der Waals surface area contributed by atoms with E-state index < -0.39 is 17.7 Å². The van der Waals surface area contributed by atoms with Crippen LogP contribution in [0.1, 0.15) is 36.1 Å². The number of rotatable bonds is 11. The van der Waals surface area contributed by atoms with Crippen molar-refractivity contribution in [3.63, 3.8) is 0 Å². The van der Waals surface area contributed by atoms with Crippen LogP contribution in [0.3, 0.4) is 0 Å². The largest absolute Gasteiger partial charge is 0.507 e. The molecular formula is C29H30N2O6. The first-order valence-electron chi connectivity index (χ1n) is 12.2. The van der Waals surface area contributed by atoms with Gasteiger partial charge in [0.2, 0.25) is 0 Å². The molecule has 0 saturated carbocycles. The lowest BCUT2D eigenvalue weighted by atomic mass is 9.95. The lowest BCUT2D eigenvalue weighted by molar-refractivity contribution is -0.140. The normalized spacial score (nSPS) is 16.7. The van der Waals surface area contributed by atoms with Crippen molar-refractivity contribution in [2.24, 2.45) is 0 Å². The van der Waals surface area contributed by atoms with Crippen molar-refractivity contribution in [1.29, 1.82) is 0 Å². The first-order chi connectivity index (χ1) is 18.0. The number of amides is 1. The summed E-state index contributed by atoms with van der Waals surface area (Å²) in [6, 6.07) is 17.5. The predicted octanol–water partition coefficient (Wildman–Crippen LogP) is 4.52. The van der Waals surface area contributed by atoms with E-state index in [2.05, 4.69) is 4.98 Å². The molecule has 2 aromatic carbocycles. The Morgan fingerprint density at radius 3 is 2.46 bits per heavy atom. The first-order valence-corrected chi connectivity index (χ1v) is 12.2. The van der Waals surface area contributed by atoms with Crippen LogP contribution in [0.4, 0.5) is 0 Å². The summed E-state index contributed by atoms with van der Waals surface area (Å²) in [5, 5.41) is 11.1. The minimum atomic E-state index is -0.799. The summed E-state index contributed by atoms with van der Waals surface area (Å²) < 4.78 is 17.1. The van der Waals surface area contributed by atoms with Crippen molar-refractivity contribution < 1.29 is 28.9 Å². The molecule has 0 radical (unpaired) electrons. The van der Waals surface area contributed by atoms with Crippen molar-refractivity contribution in [3.05, 3.63) is 95.3 Å². The molecule has 0 spiro atoms. The average Bonchev–Trinajstić information content (AvgIpc) is 3.18. The molecule has 1 aliphatic rings. The molecule has 1 amide bonds. The molecule has 1 aromatic heterocycles. The number of methoxy groups -OCH3 is 1. The summed E-state index contributed by atoms with van der Waals surface area (Å²) in [7, 11) is 1.58. The van der Waals surface area contributed by atoms with E-state index in [9.17, 15) is 14.7 Å². The van der Waals surface area contributed by atoms with Crippen LogP contribution in [0.25, 0.3) is 5.76 Å². The zero-order valence-corrected chi connectivity index (χ0v) is 20.9. The van der Waals surface area contributed by atoms with Crippen LogP contribution in [-0.2, 0) is 20.9 Å². The average molecular weight is 503 g/mol. The van der Waals surface area contributed by atoms with Crippen molar-refractivity contribution in [2.75, 3.05) is 26.9 Å². The third kappa shape index (κ3) is 5.81. The zero-order valence-electron chi connectivity index (χ0n) is 20.9. The Kier molecular flexibility index (Phi) is 8.53. The number of aliphatic hydroxyl groups excluding tert-OH is 1. The second-order valence-corrected chi connectivity index (χ2v) is 8.49. The number of ketones is 1. The molecular weight excluding hydrogens is 472 g/mol. The number of aromatic nitrogens is 1. The summed E-state index contributed by atoms with van der Waals surface area (Å²) >= 11 is 0. The number of aliphatic hydroxyl groups is 1. The van der Waals surface area contributed by atoms with E-state index in [-0.39, 0.29) is 17.9 Å². The van der Waals surface area contributed by atoms with Crippen LogP contribution in [0.15, 0.2) is 78.6 Å². The number of hydrogen-bond acceptors (Lipinski definition) is 7. The van der Waals surface area contributed by atoms with Gasteiger partial charge in [-0.2, -0.15) is 0 Å². The maximum Gasteiger partial charge on any atom is 0.295 e. The van der Waals surface area contributed by atoms with Gasteiger partial charge in [0, 0.05) is 38.2 Å². The molecule has 3 aromatic rings. The Morgan fingerprint density at radius 1 is 1.00 bits per heavy atom. The van der Waals surface area contributed by atoms with E-state index in [1.165, 1.54) is 17.3 Å². The van der Waals surface area contributed by atoms with Gasteiger partial charge in [-0.05, 0) is 48.7 Å². The lowest BCUT2D eigenvalue weighted by Crippen LogP contribution is -2.31. The monoisotopic (exact) mass is 502 g/mol. The number of carbonyl (C=O) groups excluding carboxylic acids is 2. The minimum Gasteiger partial charge on any atom is -0.507 e. The second kappa shape index (κ2) is 12.2.